The Morgan fingerprint density at radius 3 is 2.44 bits per heavy atom. The number of esters is 1. The van der Waals surface area contributed by atoms with Gasteiger partial charge in [0, 0.05) is 9.64 Å². The molecule has 0 saturated heterocycles. The first-order valence-electron chi connectivity index (χ1n) is 8.21. The number of ether oxygens (including phenoxy) is 1. The molecule has 1 aromatic heterocycles. The third-order valence-corrected chi connectivity index (χ3v) is 5.08. The van der Waals surface area contributed by atoms with Crippen molar-refractivity contribution < 1.29 is 13.9 Å². The minimum Gasteiger partial charge on any atom is -0.463 e. The van der Waals surface area contributed by atoms with Crippen LogP contribution >= 0.6 is 22.6 Å². The molecule has 0 aliphatic carbocycles. The van der Waals surface area contributed by atoms with Crippen LogP contribution in [0.1, 0.15) is 10.4 Å². The normalized spacial score (nSPS) is 10.7. The van der Waals surface area contributed by atoms with Crippen LogP contribution in [0.3, 0.4) is 0 Å². The molecule has 1 heterocycles. The topological polar surface area (TPSA) is 56.5 Å². The summed E-state index contributed by atoms with van der Waals surface area (Å²) in [7, 11) is 0. The minimum absolute atomic E-state index is 0.127. The molecule has 5 heteroatoms. The fourth-order valence-electron chi connectivity index (χ4n) is 2.78. The average Bonchev–Trinajstić information content (AvgIpc) is 2.69. The lowest BCUT2D eigenvalue weighted by atomic mass is 10.1. The van der Waals surface area contributed by atoms with Gasteiger partial charge >= 0.3 is 5.97 Å². The number of halogens is 1. The lowest BCUT2D eigenvalue weighted by molar-refractivity contribution is 0.0734. The average molecular weight is 468 g/mol. The van der Waals surface area contributed by atoms with Gasteiger partial charge in [-0.15, -0.1) is 0 Å². The van der Waals surface area contributed by atoms with Gasteiger partial charge in [0.15, 0.2) is 5.43 Å². The third-order valence-electron chi connectivity index (χ3n) is 4.14. The lowest BCUT2D eigenvalue weighted by Gasteiger charge is -2.07. The van der Waals surface area contributed by atoms with Gasteiger partial charge in [-0.2, -0.15) is 0 Å². The lowest BCUT2D eigenvalue weighted by Crippen LogP contribution is -2.10. The molecule has 0 fully saturated rings. The van der Waals surface area contributed by atoms with Gasteiger partial charge in [0.2, 0.25) is 0 Å². The molecule has 0 bridgehead atoms. The number of carbonyl (C=O) groups is 1. The van der Waals surface area contributed by atoms with Crippen LogP contribution in [0.5, 0.6) is 5.75 Å². The van der Waals surface area contributed by atoms with E-state index in [2.05, 4.69) is 22.6 Å². The molecule has 3 aromatic carbocycles. The quantitative estimate of drug-likeness (QED) is 0.233. The molecule has 4 rings (SSSR count). The van der Waals surface area contributed by atoms with Crippen LogP contribution in [-0.2, 0) is 0 Å². The number of fused-ring (bicyclic) bond motifs is 1. The first-order valence-corrected chi connectivity index (χ1v) is 9.29. The van der Waals surface area contributed by atoms with E-state index >= 15 is 0 Å². The van der Waals surface area contributed by atoms with Crippen molar-refractivity contribution in [2.75, 3.05) is 0 Å². The Labute approximate surface area is 168 Å². The summed E-state index contributed by atoms with van der Waals surface area (Å²) >= 11 is 2.09. The van der Waals surface area contributed by atoms with Crippen LogP contribution in [0, 0.1) is 3.57 Å². The van der Waals surface area contributed by atoms with E-state index in [0.717, 1.165) is 9.13 Å². The van der Waals surface area contributed by atoms with Crippen LogP contribution in [0.4, 0.5) is 0 Å². The van der Waals surface area contributed by atoms with Gasteiger partial charge < -0.3 is 9.15 Å². The van der Waals surface area contributed by atoms with Gasteiger partial charge in [-0.05, 0) is 52.4 Å². The van der Waals surface area contributed by atoms with Gasteiger partial charge in [0.25, 0.3) is 0 Å². The number of hydrogen-bond donors (Lipinski definition) is 0. The highest BCUT2D eigenvalue weighted by Gasteiger charge is 2.14. The molecule has 0 aliphatic heterocycles. The number of rotatable bonds is 3. The van der Waals surface area contributed by atoms with Crippen molar-refractivity contribution in [3.05, 3.63) is 98.4 Å². The van der Waals surface area contributed by atoms with Crippen LogP contribution in [0.25, 0.3) is 22.1 Å². The van der Waals surface area contributed by atoms with Crippen LogP contribution < -0.4 is 10.2 Å². The molecule has 0 unspecified atom stereocenters. The Morgan fingerprint density at radius 1 is 0.926 bits per heavy atom. The molecule has 4 nitrogen and oxygen atoms in total. The van der Waals surface area contributed by atoms with Crippen LogP contribution in [0.15, 0.2) is 88.3 Å². The summed E-state index contributed by atoms with van der Waals surface area (Å²) in [5.74, 6) is -0.134. The van der Waals surface area contributed by atoms with E-state index in [9.17, 15) is 9.59 Å². The highest BCUT2D eigenvalue weighted by molar-refractivity contribution is 14.1. The second kappa shape index (κ2) is 7.36. The van der Waals surface area contributed by atoms with E-state index < -0.39 is 5.97 Å². The molecule has 0 spiro atoms. The first-order chi connectivity index (χ1) is 13.1. The summed E-state index contributed by atoms with van der Waals surface area (Å²) < 4.78 is 11.9. The van der Waals surface area contributed by atoms with E-state index in [1.165, 1.54) is 6.26 Å². The van der Waals surface area contributed by atoms with Crippen molar-refractivity contribution >= 4 is 39.5 Å². The summed E-state index contributed by atoms with van der Waals surface area (Å²) in [6, 6.07) is 21.3. The Balaban J connectivity index is 1.69. The van der Waals surface area contributed by atoms with Crippen molar-refractivity contribution in [1.29, 1.82) is 0 Å². The van der Waals surface area contributed by atoms with E-state index in [-0.39, 0.29) is 5.43 Å². The zero-order valence-electron chi connectivity index (χ0n) is 14.0. The van der Waals surface area contributed by atoms with Crippen molar-refractivity contribution in [3.63, 3.8) is 0 Å². The van der Waals surface area contributed by atoms with Crippen LogP contribution in [0.2, 0.25) is 0 Å². The molecule has 0 atom stereocenters. The molecule has 0 saturated carbocycles. The Morgan fingerprint density at radius 2 is 1.67 bits per heavy atom. The molecule has 132 valence electrons. The molecular formula is C22H13IO4. The fraction of sp³-hybridized carbons (Fsp3) is 0. The molecule has 27 heavy (non-hydrogen) atoms. The predicted octanol–water partition coefficient (Wildman–Crippen LogP) is 5.28. The van der Waals surface area contributed by atoms with Crippen LogP contribution in [-0.4, -0.2) is 5.97 Å². The Kier molecular flexibility index (Phi) is 4.77. The van der Waals surface area contributed by atoms with Gasteiger partial charge in [0.05, 0.1) is 16.5 Å². The summed E-state index contributed by atoms with van der Waals surface area (Å²) in [5, 5.41) is 0.436. The van der Waals surface area contributed by atoms with Gasteiger partial charge in [0.1, 0.15) is 17.6 Å². The maximum atomic E-state index is 12.8. The second-order valence-electron chi connectivity index (χ2n) is 5.87. The molecule has 0 N–H and O–H groups in total. The standard InChI is InChI=1S/C22H13IO4/c23-19-9-5-4-8-16(19)22(25)27-15-10-11-17-20(12-15)26-13-18(21(17)24)14-6-2-1-3-7-14/h1-13H. The first kappa shape index (κ1) is 17.5. The predicted molar refractivity (Wildman–Crippen MR) is 112 cm³/mol. The van der Waals surface area contributed by atoms with Crippen molar-refractivity contribution in [2.45, 2.75) is 0 Å². The Hall–Kier alpha value is -2.93. The second-order valence-corrected chi connectivity index (χ2v) is 7.03. The van der Waals surface area contributed by atoms with Gasteiger partial charge in [-0.1, -0.05) is 42.5 Å². The zero-order chi connectivity index (χ0) is 18.8. The zero-order valence-corrected chi connectivity index (χ0v) is 16.2. The van der Waals surface area contributed by atoms with Crippen molar-refractivity contribution in [1.82, 2.24) is 0 Å². The number of carbonyl (C=O) groups excluding carboxylic acids is 1. The summed E-state index contributed by atoms with van der Waals surface area (Å²) in [6.45, 7) is 0. The van der Waals surface area contributed by atoms with E-state index in [1.807, 2.05) is 42.5 Å². The molecule has 0 amide bonds. The summed E-state index contributed by atoms with van der Waals surface area (Å²) in [4.78, 5) is 25.1. The van der Waals surface area contributed by atoms with E-state index in [0.29, 0.717) is 27.8 Å². The fourth-order valence-corrected chi connectivity index (χ4v) is 3.39. The molecule has 0 radical (unpaired) electrons. The highest BCUT2D eigenvalue weighted by Crippen LogP contribution is 2.24. The van der Waals surface area contributed by atoms with E-state index in [4.69, 9.17) is 9.15 Å². The van der Waals surface area contributed by atoms with Gasteiger partial charge in [-0.25, -0.2) is 4.79 Å². The molecule has 0 aliphatic rings. The molecular weight excluding hydrogens is 455 g/mol. The smallest absolute Gasteiger partial charge is 0.344 e. The monoisotopic (exact) mass is 468 g/mol. The van der Waals surface area contributed by atoms with Gasteiger partial charge in [-0.3, -0.25) is 4.79 Å². The molecule has 4 aromatic rings. The summed E-state index contributed by atoms with van der Waals surface area (Å²) in [5.41, 5.74) is 2.01. The maximum Gasteiger partial charge on any atom is 0.344 e. The number of benzene rings is 3. The minimum atomic E-state index is -0.456. The highest BCUT2D eigenvalue weighted by atomic mass is 127. The van der Waals surface area contributed by atoms with Crippen molar-refractivity contribution in [3.8, 4) is 16.9 Å². The van der Waals surface area contributed by atoms with Crippen molar-refractivity contribution in [2.24, 2.45) is 0 Å². The SMILES string of the molecule is O=C(Oc1ccc2c(=O)c(-c3ccccc3)coc2c1)c1ccccc1I. The Bertz CT molecular complexity index is 1200. The largest absolute Gasteiger partial charge is 0.463 e. The number of hydrogen-bond acceptors (Lipinski definition) is 4. The third kappa shape index (κ3) is 3.50. The van der Waals surface area contributed by atoms with E-state index in [1.54, 1.807) is 30.3 Å². The maximum absolute atomic E-state index is 12.8. The summed E-state index contributed by atoms with van der Waals surface area (Å²) in [6.07, 6.45) is 1.44.